The van der Waals surface area contributed by atoms with Crippen molar-refractivity contribution in [2.75, 3.05) is 0 Å². The minimum atomic E-state index is -0.395. The van der Waals surface area contributed by atoms with Gasteiger partial charge in [0.2, 0.25) is 5.78 Å². The van der Waals surface area contributed by atoms with Gasteiger partial charge in [0.15, 0.2) is 0 Å². The molecule has 0 aliphatic heterocycles. The molecular weight excluding hydrogens is 235 g/mol. The van der Waals surface area contributed by atoms with E-state index in [4.69, 9.17) is 0 Å². The molecule has 0 saturated heterocycles. The van der Waals surface area contributed by atoms with Crippen molar-refractivity contribution in [3.05, 3.63) is 52.3 Å². The molecule has 0 amide bonds. The zero-order valence-corrected chi connectivity index (χ0v) is 9.51. The van der Waals surface area contributed by atoms with Crippen molar-refractivity contribution in [2.45, 2.75) is 6.92 Å². The monoisotopic (exact) mass is 244 g/mol. The quantitative estimate of drug-likeness (QED) is 0.706. The SMILES string of the molecule is Cc1nc2[nH]c(-c3ccccc3F)cc(=O)n2n1. The van der Waals surface area contributed by atoms with Gasteiger partial charge in [-0.2, -0.15) is 9.50 Å². The highest BCUT2D eigenvalue weighted by Gasteiger charge is 2.09. The van der Waals surface area contributed by atoms with E-state index in [0.29, 0.717) is 22.9 Å². The van der Waals surface area contributed by atoms with Crippen molar-refractivity contribution >= 4 is 5.78 Å². The van der Waals surface area contributed by atoms with Crippen LogP contribution < -0.4 is 5.56 Å². The first-order valence-corrected chi connectivity index (χ1v) is 5.37. The average molecular weight is 244 g/mol. The van der Waals surface area contributed by atoms with Crippen LogP contribution in [0.15, 0.2) is 35.1 Å². The number of hydrogen-bond acceptors (Lipinski definition) is 3. The number of aromatic amines is 1. The predicted molar refractivity (Wildman–Crippen MR) is 63.7 cm³/mol. The van der Waals surface area contributed by atoms with Gasteiger partial charge < -0.3 is 4.98 Å². The summed E-state index contributed by atoms with van der Waals surface area (Å²) in [6.07, 6.45) is 0. The van der Waals surface area contributed by atoms with Crippen LogP contribution in [0.4, 0.5) is 4.39 Å². The second kappa shape index (κ2) is 3.76. The van der Waals surface area contributed by atoms with E-state index in [1.165, 1.54) is 12.1 Å². The molecule has 6 heteroatoms. The first kappa shape index (κ1) is 10.6. The number of hydrogen-bond donors (Lipinski definition) is 1. The van der Waals surface area contributed by atoms with Gasteiger partial charge in [-0.15, -0.1) is 5.10 Å². The number of nitrogens with zero attached hydrogens (tertiary/aromatic N) is 3. The van der Waals surface area contributed by atoms with Crippen LogP contribution in [-0.2, 0) is 0 Å². The second-order valence-electron chi connectivity index (χ2n) is 3.90. The van der Waals surface area contributed by atoms with E-state index in [-0.39, 0.29) is 5.56 Å². The Morgan fingerprint density at radius 1 is 1.33 bits per heavy atom. The van der Waals surface area contributed by atoms with E-state index in [1.807, 2.05) is 0 Å². The standard InChI is InChI=1S/C12H9FN4O/c1-7-14-12-15-10(6-11(18)17(12)16-7)8-4-2-3-5-9(8)13/h2-6H,1H3,(H,14,15,16). The van der Waals surface area contributed by atoms with Crippen LogP contribution in [0.2, 0.25) is 0 Å². The molecule has 0 spiro atoms. The molecular formula is C12H9FN4O. The third-order valence-corrected chi connectivity index (χ3v) is 2.60. The lowest BCUT2D eigenvalue weighted by Gasteiger charge is -2.02. The van der Waals surface area contributed by atoms with E-state index in [9.17, 15) is 9.18 Å². The highest BCUT2D eigenvalue weighted by atomic mass is 19.1. The number of nitrogens with one attached hydrogen (secondary N) is 1. The topological polar surface area (TPSA) is 63.0 Å². The molecule has 5 nitrogen and oxygen atoms in total. The molecule has 90 valence electrons. The van der Waals surface area contributed by atoms with Gasteiger partial charge in [0.25, 0.3) is 5.56 Å². The summed E-state index contributed by atoms with van der Waals surface area (Å²) in [7, 11) is 0. The van der Waals surface area contributed by atoms with Gasteiger partial charge in [0, 0.05) is 11.6 Å². The normalized spacial score (nSPS) is 11.0. The van der Waals surface area contributed by atoms with Gasteiger partial charge in [0.1, 0.15) is 11.6 Å². The Hall–Kier alpha value is -2.50. The molecule has 1 N–H and O–H groups in total. The van der Waals surface area contributed by atoms with E-state index < -0.39 is 5.82 Å². The highest BCUT2D eigenvalue weighted by molar-refractivity contribution is 5.61. The summed E-state index contributed by atoms with van der Waals surface area (Å²) in [5, 5.41) is 3.94. The van der Waals surface area contributed by atoms with Gasteiger partial charge in [-0.3, -0.25) is 4.79 Å². The Morgan fingerprint density at radius 2 is 2.11 bits per heavy atom. The number of halogens is 1. The van der Waals surface area contributed by atoms with E-state index in [1.54, 1.807) is 25.1 Å². The molecule has 2 aromatic heterocycles. The minimum absolute atomic E-state index is 0.304. The Bertz CT molecular complexity index is 790. The van der Waals surface area contributed by atoms with E-state index in [0.717, 1.165) is 4.52 Å². The molecule has 0 aliphatic carbocycles. The van der Waals surface area contributed by atoms with Crippen LogP contribution in [0.3, 0.4) is 0 Å². The van der Waals surface area contributed by atoms with Crippen LogP contribution in [-0.4, -0.2) is 19.6 Å². The molecule has 2 heterocycles. The van der Waals surface area contributed by atoms with Gasteiger partial charge in [-0.1, -0.05) is 12.1 Å². The number of H-pyrrole nitrogens is 1. The van der Waals surface area contributed by atoms with Gasteiger partial charge in [0.05, 0.1) is 5.69 Å². The van der Waals surface area contributed by atoms with Crippen molar-refractivity contribution in [1.82, 2.24) is 19.6 Å². The molecule has 18 heavy (non-hydrogen) atoms. The smallest absolute Gasteiger partial charge is 0.276 e. The van der Waals surface area contributed by atoms with Crippen LogP contribution in [0, 0.1) is 12.7 Å². The number of benzene rings is 1. The van der Waals surface area contributed by atoms with E-state index >= 15 is 0 Å². The Balaban J connectivity index is 2.31. The third kappa shape index (κ3) is 1.58. The van der Waals surface area contributed by atoms with Gasteiger partial charge >= 0.3 is 0 Å². The maximum Gasteiger partial charge on any atom is 0.276 e. The summed E-state index contributed by atoms with van der Waals surface area (Å²) in [5.74, 6) is 0.390. The maximum atomic E-state index is 13.6. The van der Waals surface area contributed by atoms with Crippen LogP contribution in [0.1, 0.15) is 5.82 Å². The lowest BCUT2D eigenvalue weighted by atomic mass is 10.1. The molecule has 1 aromatic carbocycles. The Labute approximate surface area is 101 Å². The Morgan fingerprint density at radius 3 is 2.89 bits per heavy atom. The maximum absolute atomic E-state index is 13.6. The number of aromatic nitrogens is 4. The summed E-state index contributed by atoms with van der Waals surface area (Å²) in [6.45, 7) is 1.68. The average Bonchev–Trinajstić information content (AvgIpc) is 2.71. The van der Waals surface area contributed by atoms with Gasteiger partial charge in [-0.05, 0) is 19.1 Å². The molecule has 3 rings (SSSR count). The van der Waals surface area contributed by atoms with Crippen LogP contribution in [0.5, 0.6) is 0 Å². The molecule has 0 unspecified atom stereocenters. The molecule has 0 aliphatic rings. The molecule has 0 atom stereocenters. The van der Waals surface area contributed by atoms with Crippen LogP contribution >= 0.6 is 0 Å². The fourth-order valence-electron chi connectivity index (χ4n) is 1.82. The highest BCUT2D eigenvalue weighted by Crippen LogP contribution is 2.19. The zero-order valence-electron chi connectivity index (χ0n) is 9.51. The first-order chi connectivity index (χ1) is 8.65. The molecule has 0 bridgehead atoms. The largest absolute Gasteiger partial charge is 0.323 e. The number of aryl methyl sites for hydroxylation is 1. The van der Waals surface area contributed by atoms with E-state index in [2.05, 4.69) is 15.1 Å². The summed E-state index contributed by atoms with van der Waals surface area (Å²) in [6, 6.07) is 7.54. The lowest BCUT2D eigenvalue weighted by molar-refractivity contribution is 0.630. The summed E-state index contributed by atoms with van der Waals surface area (Å²) in [5.41, 5.74) is 0.373. The van der Waals surface area contributed by atoms with Gasteiger partial charge in [-0.25, -0.2) is 4.39 Å². The lowest BCUT2D eigenvalue weighted by Crippen LogP contribution is -2.14. The van der Waals surface area contributed by atoms with Crippen molar-refractivity contribution in [3.63, 3.8) is 0 Å². The summed E-state index contributed by atoms with van der Waals surface area (Å²) in [4.78, 5) is 18.8. The fraction of sp³-hybridized carbons (Fsp3) is 0.0833. The third-order valence-electron chi connectivity index (χ3n) is 2.60. The number of fused-ring (bicyclic) bond motifs is 1. The zero-order chi connectivity index (χ0) is 12.7. The van der Waals surface area contributed by atoms with Crippen molar-refractivity contribution in [2.24, 2.45) is 0 Å². The number of rotatable bonds is 1. The van der Waals surface area contributed by atoms with Crippen molar-refractivity contribution < 1.29 is 4.39 Å². The summed E-state index contributed by atoms with van der Waals surface area (Å²) >= 11 is 0. The summed E-state index contributed by atoms with van der Waals surface area (Å²) < 4.78 is 14.8. The Kier molecular flexibility index (Phi) is 2.22. The predicted octanol–water partition coefficient (Wildman–Crippen LogP) is 1.53. The minimum Gasteiger partial charge on any atom is -0.323 e. The van der Waals surface area contributed by atoms with Crippen molar-refractivity contribution in [3.8, 4) is 11.3 Å². The second-order valence-corrected chi connectivity index (χ2v) is 3.90. The fourth-order valence-corrected chi connectivity index (χ4v) is 1.82. The molecule has 3 aromatic rings. The first-order valence-electron chi connectivity index (χ1n) is 5.37. The molecule has 0 saturated carbocycles. The van der Waals surface area contributed by atoms with Crippen molar-refractivity contribution in [1.29, 1.82) is 0 Å². The molecule has 0 radical (unpaired) electrons. The molecule has 0 fully saturated rings. The van der Waals surface area contributed by atoms with Crippen LogP contribution in [0.25, 0.3) is 17.0 Å².